The summed E-state index contributed by atoms with van der Waals surface area (Å²) in [6.07, 6.45) is 0. The minimum atomic E-state index is -3.90. The zero-order valence-corrected chi connectivity index (χ0v) is 16.4. The van der Waals surface area contributed by atoms with E-state index < -0.39 is 15.9 Å². The second-order valence-corrected chi connectivity index (χ2v) is 8.80. The maximum Gasteiger partial charge on any atom is 0.287 e. The van der Waals surface area contributed by atoms with Crippen molar-refractivity contribution in [3.8, 4) is 5.69 Å². The lowest BCUT2D eigenvalue weighted by atomic mass is 10.1. The Balaban J connectivity index is 1.76. The third kappa shape index (κ3) is 3.68. The fraction of sp³-hybridized carbons (Fsp3) is 0. The Morgan fingerprint density at radius 1 is 0.931 bits per heavy atom. The van der Waals surface area contributed by atoms with Crippen molar-refractivity contribution in [2.75, 3.05) is 0 Å². The number of sulfonamides is 1. The first-order chi connectivity index (χ1) is 14.0. The predicted octanol–water partition coefficient (Wildman–Crippen LogP) is 2.07. The lowest BCUT2D eigenvalue weighted by molar-refractivity contribution is 0.0940. The monoisotopic (exact) mass is 426 g/mol. The van der Waals surface area contributed by atoms with Gasteiger partial charge in [0.2, 0.25) is 0 Å². The minimum absolute atomic E-state index is 0.0601. The number of hydrogen-bond donors (Lipinski definition) is 2. The summed E-state index contributed by atoms with van der Waals surface area (Å²) in [7, 11) is -3.90. The quantitative estimate of drug-likeness (QED) is 0.475. The maximum absolute atomic E-state index is 12.8. The standard InChI is InChI=1S/C19H14N4O4S2/c24-18(20-22-29(26,27)16-11-6-12-28-16)17-14-9-4-5-10-15(14)19(25)23(21-17)13-7-2-1-3-8-13/h1-12,22H,(H,20,24). The van der Waals surface area contributed by atoms with Gasteiger partial charge in [0.1, 0.15) is 4.21 Å². The Hall–Kier alpha value is -3.34. The Labute approximate surface area is 169 Å². The van der Waals surface area contributed by atoms with Gasteiger partial charge in [0.25, 0.3) is 21.5 Å². The summed E-state index contributed by atoms with van der Waals surface area (Å²) < 4.78 is 25.7. The van der Waals surface area contributed by atoms with E-state index in [-0.39, 0.29) is 20.8 Å². The smallest absolute Gasteiger partial charge is 0.272 e. The van der Waals surface area contributed by atoms with Crippen LogP contribution in [0.1, 0.15) is 10.5 Å². The summed E-state index contributed by atoms with van der Waals surface area (Å²) in [6.45, 7) is 0. The van der Waals surface area contributed by atoms with Gasteiger partial charge in [-0.15, -0.1) is 16.2 Å². The van der Waals surface area contributed by atoms with Crippen LogP contribution in [-0.4, -0.2) is 24.1 Å². The number of benzene rings is 2. The van der Waals surface area contributed by atoms with Crippen LogP contribution in [0.3, 0.4) is 0 Å². The molecule has 0 aliphatic carbocycles. The highest BCUT2D eigenvalue weighted by molar-refractivity contribution is 7.91. The van der Waals surface area contributed by atoms with E-state index in [0.717, 1.165) is 16.0 Å². The molecule has 4 rings (SSSR count). The number of carbonyl (C=O) groups excluding carboxylic acids is 1. The second kappa shape index (κ2) is 7.59. The van der Waals surface area contributed by atoms with Gasteiger partial charge in [-0.25, -0.2) is 8.42 Å². The number of carbonyl (C=O) groups is 1. The van der Waals surface area contributed by atoms with E-state index >= 15 is 0 Å². The van der Waals surface area contributed by atoms with E-state index in [1.54, 1.807) is 66.0 Å². The van der Waals surface area contributed by atoms with Gasteiger partial charge >= 0.3 is 0 Å². The number of nitrogens with zero attached hydrogens (tertiary/aromatic N) is 2. The van der Waals surface area contributed by atoms with Gasteiger partial charge in [-0.2, -0.15) is 9.78 Å². The van der Waals surface area contributed by atoms with Crippen molar-refractivity contribution in [3.05, 3.63) is 88.2 Å². The number of rotatable bonds is 5. The van der Waals surface area contributed by atoms with Gasteiger partial charge < -0.3 is 0 Å². The van der Waals surface area contributed by atoms with Crippen LogP contribution in [-0.2, 0) is 10.0 Å². The molecule has 0 saturated heterocycles. The van der Waals surface area contributed by atoms with Crippen molar-refractivity contribution >= 4 is 38.0 Å². The van der Waals surface area contributed by atoms with Gasteiger partial charge in [-0.1, -0.05) is 42.5 Å². The SMILES string of the molecule is O=C(NNS(=O)(=O)c1cccs1)c1nn(-c2ccccc2)c(=O)c2ccccc12. The molecule has 0 spiro atoms. The Morgan fingerprint density at radius 3 is 2.31 bits per heavy atom. The molecule has 0 aliphatic heterocycles. The Kier molecular flexibility index (Phi) is 4.97. The fourth-order valence-electron chi connectivity index (χ4n) is 2.74. The third-order valence-electron chi connectivity index (χ3n) is 4.08. The summed E-state index contributed by atoms with van der Waals surface area (Å²) in [6, 6.07) is 18.2. The molecule has 10 heteroatoms. The molecule has 0 fully saturated rings. The van der Waals surface area contributed by atoms with Crippen molar-refractivity contribution < 1.29 is 13.2 Å². The number of thiophene rings is 1. The highest BCUT2D eigenvalue weighted by Gasteiger charge is 2.20. The normalized spacial score (nSPS) is 11.4. The van der Waals surface area contributed by atoms with E-state index in [0.29, 0.717) is 11.1 Å². The maximum atomic E-state index is 12.8. The zero-order valence-electron chi connectivity index (χ0n) is 14.8. The minimum Gasteiger partial charge on any atom is -0.272 e. The summed E-state index contributed by atoms with van der Waals surface area (Å²) in [5.41, 5.74) is 2.18. The molecule has 0 aliphatic rings. The van der Waals surface area contributed by atoms with E-state index in [1.807, 2.05) is 0 Å². The molecule has 146 valence electrons. The van der Waals surface area contributed by atoms with Gasteiger partial charge in [0.15, 0.2) is 5.69 Å². The van der Waals surface area contributed by atoms with Crippen molar-refractivity contribution in [2.24, 2.45) is 0 Å². The first-order valence-electron chi connectivity index (χ1n) is 8.40. The zero-order chi connectivity index (χ0) is 20.4. The number of nitrogens with one attached hydrogen (secondary N) is 2. The number of fused-ring (bicyclic) bond motifs is 1. The van der Waals surface area contributed by atoms with Crippen molar-refractivity contribution in [3.63, 3.8) is 0 Å². The molecular formula is C19H14N4O4S2. The third-order valence-corrected chi connectivity index (χ3v) is 6.72. The second-order valence-electron chi connectivity index (χ2n) is 5.94. The summed E-state index contributed by atoms with van der Waals surface area (Å²) in [5, 5.41) is 6.41. The molecule has 29 heavy (non-hydrogen) atoms. The van der Waals surface area contributed by atoms with Gasteiger partial charge in [-0.05, 0) is 29.6 Å². The van der Waals surface area contributed by atoms with Crippen LogP contribution in [0.5, 0.6) is 0 Å². The molecule has 2 N–H and O–H groups in total. The molecular weight excluding hydrogens is 412 g/mol. The average molecular weight is 426 g/mol. The molecule has 2 aromatic carbocycles. The number of hydrogen-bond acceptors (Lipinski definition) is 6. The lowest BCUT2D eigenvalue weighted by Crippen LogP contribution is -2.42. The average Bonchev–Trinajstić information content (AvgIpc) is 3.29. The topological polar surface area (TPSA) is 110 Å². The molecule has 1 amide bonds. The summed E-state index contributed by atoms with van der Waals surface area (Å²) in [4.78, 5) is 27.6. The van der Waals surface area contributed by atoms with Crippen LogP contribution in [0.4, 0.5) is 0 Å². The fourth-order valence-corrected chi connectivity index (χ4v) is 4.57. The van der Waals surface area contributed by atoms with Crippen LogP contribution in [0.2, 0.25) is 0 Å². The summed E-state index contributed by atoms with van der Waals surface area (Å²) >= 11 is 1.02. The van der Waals surface area contributed by atoms with Gasteiger partial charge in [-0.3, -0.25) is 15.0 Å². The van der Waals surface area contributed by atoms with Crippen LogP contribution < -0.4 is 15.8 Å². The molecule has 0 saturated carbocycles. The highest BCUT2D eigenvalue weighted by atomic mass is 32.2. The summed E-state index contributed by atoms with van der Waals surface area (Å²) in [5.74, 6) is -0.786. The van der Waals surface area contributed by atoms with Gasteiger partial charge in [0.05, 0.1) is 11.1 Å². The Bertz CT molecular complexity index is 1350. The largest absolute Gasteiger partial charge is 0.287 e. The number of amides is 1. The first kappa shape index (κ1) is 19.0. The van der Waals surface area contributed by atoms with Crippen molar-refractivity contribution in [1.82, 2.24) is 20.0 Å². The Morgan fingerprint density at radius 2 is 1.62 bits per heavy atom. The first-order valence-corrected chi connectivity index (χ1v) is 10.8. The van der Waals surface area contributed by atoms with Crippen LogP contribution in [0, 0.1) is 0 Å². The van der Waals surface area contributed by atoms with E-state index in [4.69, 9.17) is 0 Å². The molecule has 0 unspecified atom stereocenters. The molecule has 2 aromatic heterocycles. The molecule has 0 bridgehead atoms. The molecule has 4 aromatic rings. The van der Waals surface area contributed by atoms with Crippen LogP contribution in [0.15, 0.2) is 81.1 Å². The molecule has 8 nitrogen and oxygen atoms in total. The van der Waals surface area contributed by atoms with E-state index in [1.165, 1.54) is 6.07 Å². The predicted molar refractivity (Wildman–Crippen MR) is 109 cm³/mol. The highest BCUT2D eigenvalue weighted by Crippen LogP contribution is 2.16. The van der Waals surface area contributed by atoms with E-state index in [2.05, 4.69) is 15.4 Å². The van der Waals surface area contributed by atoms with E-state index in [9.17, 15) is 18.0 Å². The molecule has 0 atom stereocenters. The van der Waals surface area contributed by atoms with Crippen molar-refractivity contribution in [1.29, 1.82) is 0 Å². The number of aromatic nitrogens is 2. The van der Waals surface area contributed by atoms with Crippen LogP contribution >= 0.6 is 11.3 Å². The lowest BCUT2D eigenvalue weighted by Gasteiger charge is -2.11. The molecule has 0 radical (unpaired) electrons. The van der Waals surface area contributed by atoms with Gasteiger partial charge in [0, 0.05) is 5.39 Å². The molecule has 2 heterocycles. The number of hydrazine groups is 1. The van der Waals surface area contributed by atoms with Crippen molar-refractivity contribution in [2.45, 2.75) is 4.21 Å². The van der Waals surface area contributed by atoms with Crippen LogP contribution in [0.25, 0.3) is 16.5 Å². The number of para-hydroxylation sites is 1.